The molecular weight excluding hydrogens is 523 g/mol. The number of hydrogen-bond acceptors (Lipinski definition) is 5. The van der Waals surface area contributed by atoms with Crippen molar-refractivity contribution < 1.29 is 4.74 Å². The number of nitrogens with one attached hydrogen (secondary N) is 2. The van der Waals surface area contributed by atoms with Crippen molar-refractivity contribution in [2.75, 3.05) is 27.0 Å². The van der Waals surface area contributed by atoms with Crippen molar-refractivity contribution in [1.29, 1.82) is 0 Å². The van der Waals surface area contributed by atoms with Crippen molar-refractivity contribution in [3.05, 3.63) is 46.5 Å². The van der Waals surface area contributed by atoms with Gasteiger partial charge in [0.2, 0.25) is 0 Å². The molecule has 1 aromatic heterocycles. The molecule has 2 unspecified atom stereocenters. The first kappa shape index (κ1) is 24.2. The summed E-state index contributed by atoms with van der Waals surface area (Å²) in [6, 6.07) is 8.27. The number of guanidine groups is 1. The quantitative estimate of drug-likeness (QED) is 0.313. The van der Waals surface area contributed by atoms with Gasteiger partial charge in [-0.3, -0.25) is 4.99 Å². The number of fused-ring (bicyclic) bond motifs is 1. The van der Waals surface area contributed by atoms with E-state index in [9.17, 15) is 0 Å². The number of aliphatic imine (C=N–C) groups is 1. The Hall–Kier alpha value is -1.04. The summed E-state index contributed by atoms with van der Waals surface area (Å²) in [5.74, 6) is 2.56. The van der Waals surface area contributed by atoms with E-state index in [4.69, 9.17) is 16.3 Å². The van der Waals surface area contributed by atoms with Gasteiger partial charge < -0.3 is 15.4 Å². The van der Waals surface area contributed by atoms with Crippen LogP contribution in [0.1, 0.15) is 28.9 Å². The van der Waals surface area contributed by atoms with E-state index in [1.165, 1.54) is 5.56 Å². The zero-order chi connectivity index (χ0) is 19.9. The maximum atomic E-state index is 6.14. The summed E-state index contributed by atoms with van der Waals surface area (Å²) in [5, 5.41) is 12.5. The van der Waals surface area contributed by atoms with Gasteiger partial charge in [-0.25, -0.2) is 9.67 Å². The zero-order valence-corrected chi connectivity index (χ0v) is 20.8. The van der Waals surface area contributed by atoms with E-state index in [1.54, 1.807) is 25.9 Å². The number of rotatable bonds is 7. The van der Waals surface area contributed by atoms with Crippen LogP contribution in [0.5, 0.6) is 0 Å². The molecule has 0 bridgehead atoms. The number of aryl methyl sites for hydroxylation is 1. The third kappa shape index (κ3) is 6.73. The summed E-state index contributed by atoms with van der Waals surface area (Å²) >= 11 is 7.93. The predicted molar refractivity (Wildman–Crippen MR) is 130 cm³/mol. The predicted octanol–water partition coefficient (Wildman–Crippen LogP) is 3.28. The van der Waals surface area contributed by atoms with Crippen molar-refractivity contribution in [3.8, 4) is 0 Å². The molecule has 1 aliphatic heterocycles. The molecule has 2 N–H and O–H groups in total. The molecule has 0 fully saturated rings. The Morgan fingerprint density at radius 3 is 3.00 bits per heavy atom. The van der Waals surface area contributed by atoms with E-state index >= 15 is 0 Å². The molecule has 3 rings (SSSR count). The lowest BCUT2D eigenvalue weighted by Gasteiger charge is -2.26. The minimum atomic E-state index is 0. The van der Waals surface area contributed by atoms with E-state index < -0.39 is 0 Å². The van der Waals surface area contributed by atoms with Crippen LogP contribution in [0.2, 0.25) is 5.02 Å². The number of halogens is 2. The Morgan fingerprint density at radius 1 is 1.48 bits per heavy atom. The second kappa shape index (κ2) is 12.0. The second-order valence-corrected chi connectivity index (χ2v) is 8.15. The lowest BCUT2D eigenvalue weighted by Crippen LogP contribution is -2.47. The molecule has 0 saturated carbocycles. The molecule has 2 atom stereocenters. The van der Waals surface area contributed by atoms with Crippen molar-refractivity contribution >= 4 is 53.3 Å². The Labute approximate surface area is 198 Å². The van der Waals surface area contributed by atoms with Crippen LogP contribution in [0.25, 0.3) is 0 Å². The van der Waals surface area contributed by atoms with E-state index in [-0.39, 0.29) is 30.0 Å². The largest absolute Gasteiger partial charge is 0.377 e. The summed E-state index contributed by atoms with van der Waals surface area (Å²) < 4.78 is 7.10. The number of aromatic nitrogens is 3. The van der Waals surface area contributed by atoms with Crippen molar-refractivity contribution in [2.45, 2.75) is 37.3 Å². The molecule has 7 nitrogen and oxygen atoms in total. The standard InChI is InChI=1S/C19H27ClN6OS.HI/c1-21-19(22-10-16(28-3)13-5-4-6-14(20)9-13)23-15-7-8-18-24-17(12-27-2)25-26(18)11-15;/h4-6,9,15-16H,7-8,10-12H2,1-3H3,(H2,21,22,23);1H. The molecular formula is C19H28ClIN6OS. The monoisotopic (exact) mass is 550 g/mol. The summed E-state index contributed by atoms with van der Waals surface area (Å²) in [7, 11) is 3.45. The lowest BCUT2D eigenvalue weighted by molar-refractivity contribution is 0.177. The van der Waals surface area contributed by atoms with Gasteiger partial charge in [0.25, 0.3) is 0 Å². The molecule has 10 heteroatoms. The fraction of sp³-hybridized carbons (Fsp3) is 0.526. The fourth-order valence-electron chi connectivity index (χ4n) is 3.29. The van der Waals surface area contributed by atoms with Crippen molar-refractivity contribution in [3.63, 3.8) is 0 Å². The molecule has 160 valence electrons. The number of hydrogen-bond donors (Lipinski definition) is 2. The van der Waals surface area contributed by atoms with Gasteiger partial charge in [-0.2, -0.15) is 16.9 Å². The summed E-state index contributed by atoms with van der Waals surface area (Å²) in [5.41, 5.74) is 1.21. The highest BCUT2D eigenvalue weighted by atomic mass is 127. The minimum absolute atomic E-state index is 0. The van der Waals surface area contributed by atoms with Crippen LogP contribution in [-0.4, -0.2) is 53.7 Å². The third-order valence-electron chi connectivity index (χ3n) is 4.70. The summed E-state index contributed by atoms with van der Waals surface area (Å²) in [6.45, 7) is 1.98. The fourth-order valence-corrected chi connectivity index (χ4v) is 4.16. The molecule has 29 heavy (non-hydrogen) atoms. The van der Waals surface area contributed by atoms with Gasteiger partial charge in [-0.1, -0.05) is 23.7 Å². The highest BCUT2D eigenvalue weighted by Gasteiger charge is 2.22. The van der Waals surface area contributed by atoms with E-state index in [2.05, 4.69) is 38.0 Å². The lowest BCUT2D eigenvalue weighted by atomic mass is 10.1. The topological polar surface area (TPSA) is 76.4 Å². The van der Waals surface area contributed by atoms with Crippen LogP contribution >= 0.6 is 47.3 Å². The minimum Gasteiger partial charge on any atom is -0.377 e. The van der Waals surface area contributed by atoms with Crippen LogP contribution in [-0.2, 0) is 24.3 Å². The highest BCUT2D eigenvalue weighted by Crippen LogP contribution is 2.27. The normalized spacial score (nSPS) is 17.2. The first-order valence-electron chi connectivity index (χ1n) is 9.30. The smallest absolute Gasteiger partial charge is 0.191 e. The van der Waals surface area contributed by atoms with E-state index in [1.807, 2.05) is 22.9 Å². The van der Waals surface area contributed by atoms with Gasteiger partial charge in [-0.15, -0.1) is 24.0 Å². The summed E-state index contributed by atoms with van der Waals surface area (Å²) in [6.07, 6.45) is 3.99. The second-order valence-electron chi connectivity index (χ2n) is 6.67. The Morgan fingerprint density at radius 2 is 2.31 bits per heavy atom. The molecule has 2 aromatic rings. The van der Waals surface area contributed by atoms with Gasteiger partial charge in [0.15, 0.2) is 11.8 Å². The van der Waals surface area contributed by atoms with Crippen LogP contribution in [0.4, 0.5) is 0 Å². The van der Waals surface area contributed by atoms with Crippen LogP contribution in [0.15, 0.2) is 29.3 Å². The van der Waals surface area contributed by atoms with Gasteiger partial charge in [0, 0.05) is 43.4 Å². The Bertz CT molecular complexity index is 818. The first-order chi connectivity index (χ1) is 13.6. The molecule has 0 radical (unpaired) electrons. The Balaban J connectivity index is 0.00000300. The number of ether oxygens (including phenoxy) is 1. The van der Waals surface area contributed by atoms with Gasteiger partial charge in [0.05, 0.1) is 6.54 Å². The molecule has 1 aliphatic rings. The maximum absolute atomic E-state index is 6.14. The van der Waals surface area contributed by atoms with Gasteiger partial charge >= 0.3 is 0 Å². The molecule has 0 saturated heterocycles. The first-order valence-corrected chi connectivity index (χ1v) is 11.0. The van der Waals surface area contributed by atoms with Crippen LogP contribution < -0.4 is 10.6 Å². The Kier molecular flexibility index (Phi) is 10.0. The molecule has 2 heterocycles. The molecule has 0 spiro atoms. The SMILES string of the molecule is CN=C(NCC(SC)c1cccc(Cl)c1)NC1CCc2nc(COC)nn2C1.I. The van der Waals surface area contributed by atoms with Crippen molar-refractivity contribution in [2.24, 2.45) is 4.99 Å². The van der Waals surface area contributed by atoms with E-state index in [0.717, 1.165) is 48.6 Å². The zero-order valence-electron chi connectivity index (χ0n) is 16.9. The molecule has 1 aromatic carbocycles. The number of nitrogens with zero attached hydrogens (tertiary/aromatic N) is 4. The van der Waals surface area contributed by atoms with Crippen LogP contribution in [0, 0.1) is 0 Å². The summed E-state index contributed by atoms with van der Waals surface area (Å²) in [4.78, 5) is 8.91. The number of benzene rings is 1. The molecule has 0 amide bonds. The highest BCUT2D eigenvalue weighted by molar-refractivity contribution is 14.0. The maximum Gasteiger partial charge on any atom is 0.191 e. The molecule has 0 aliphatic carbocycles. The number of methoxy groups -OCH3 is 1. The van der Waals surface area contributed by atoms with E-state index in [0.29, 0.717) is 11.9 Å². The van der Waals surface area contributed by atoms with Gasteiger partial charge in [0.1, 0.15) is 12.4 Å². The van der Waals surface area contributed by atoms with Crippen molar-refractivity contribution in [1.82, 2.24) is 25.4 Å². The number of thioether (sulfide) groups is 1. The van der Waals surface area contributed by atoms with Gasteiger partial charge in [-0.05, 0) is 30.4 Å². The average molecular weight is 551 g/mol. The average Bonchev–Trinajstić information content (AvgIpc) is 3.09. The van der Waals surface area contributed by atoms with Crippen LogP contribution in [0.3, 0.4) is 0 Å². The third-order valence-corrected chi connectivity index (χ3v) is 5.94.